The first-order valence-electron chi connectivity index (χ1n) is 7.26. The molecule has 0 amide bonds. The van der Waals surface area contributed by atoms with E-state index < -0.39 is 0 Å². The monoisotopic (exact) mass is 271 g/mol. The fourth-order valence-electron chi connectivity index (χ4n) is 2.45. The number of benzene rings is 1. The molecule has 0 saturated heterocycles. The number of anilines is 1. The molecular weight excluding hydrogens is 250 g/mol. The first-order chi connectivity index (χ1) is 9.65. The van der Waals surface area contributed by atoms with Crippen LogP contribution in [-0.2, 0) is 6.42 Å². The SMILES string of the molecule is CC1(C)CC1c1noc(CCCNc2ccccc2)n1. The Balaban J connectivity index is 1.43. The highest BCUT2D eigenvalue weighted by Gasteiger charge is 2.49. The van der Waals surface area contributed by atoms with E-state index in [9.17, 15) is 0 Å². The molecule has 1 atom stereocenters. The first kappa shape index (κ1) is 13.2. The van der Waals surface area contributed by atoms with E-state index in [4.69, 9.17) is 4.52 Å². The molecule has 1 aliphatic rings. The minimum Gasteiger partial charge on any atom is -0.385 e. The van der Waals surface area contributed by atoms with Crippen molar-refractivity contribution >= 4 is 5.69 Å². The average molecular weight is 271 g/mol. The van der Waals surface area contributed by atoms with Crippen molar-refractivity contribution < 1.29 is 4.52 Å². The quantitative estimate of drug-likeness (QED) is 0.815. The molecule has 4 nitrogen and oxygen atoms in total. The molecule has 1 heterocycles. The standard InChI is InChI=1S/C16H21N3O/c1-16(2)11-13(16)15-18-14(20-19-15)9-6-10-17-12-7-4-3-5-8-12/h3-5,7-8,13,17H,6,9-11H2,1-2H3. The maximum atomic E-state index is 5.32. The zero-order valence-electron chi connectivity index (χ0n) is 12.1. The molecule has 0 spiro atoms. The normalized spacial score (nSPS) is 19.8. The van der Waals surface area contributed by atoms with Crippen LogP contribution in [0.3, 0.4) is 0 Å². The van der Waals surface area contributed by atoms with Gasteiger partial charge >= 0.3 is 0 Å². The van der Waals surface area contributed by atoms with Gasteiger partial charge in [-0.25, -0.2) is 0 Å². The van der Waals surface area contributed by atoms with Crippen molar-refractivity contribution in [3.05, 3.63) is 42.0 Å². The van der Waals surface area contributed by atoms with Crippen molar-refractivity contribution in [1.29, 1.82) is 0 Å². The second-order valence-corrected chi connectivity index (χ2v) is 6.19. The van der Waals surface area contributed by atoms with E-state index in [-0.39, 0.29) is 0 Å². The predicted molar refractivity (Wildman–Crippen MR) is 78.7 cm³/mol. The zero-order chi connectivity index (χ0) is 14.0. The summed E-state index contributed by atoms with van der Waals surface area (Å²) in [5.41, 5.74) is 1.51. The molecule has 0 aliphatic heterocycles. The van der Waals surface area contributed by atoms with Gasteiger partial charge in [-0.2, -0.15) is 4.98 Å². The molecular formula is C16H21N3O. The third-order valence-electron chi connectivity index (χ3n) is 3.98. The van der Waals surface area contributed by atoms with Crippen molar-refractivity contribution in [2.45, 2.75) is 39.0 Å². The number of nitrogens with zero attached hydrogens (tertiary/aromatic N) is 2. The van der Waals surface area contributed by atoms with Gasteiger partial charge in [-0.15, -0.1) is 0 Å². The van der Waals surface area contributed by atoms with Crippen LogP contribution in [0.5, 0.6) is 0 Å². The number of nitrogens with one attached hydrogen (secondary N) is 1. The molecule has 3 rings (SSSR count). The highest BCUT2D eigenvalue weighted by atomic mass is 16.5. The van der Waals surface area contributed by atoms with Gasteiger partial charge in [-0.05, 0) is 30.4 Å². The lowest BCUT2D eigenvalue weighted by molar-refractivity contribution is 0.370. The van der Waals surface area contributed by atoms with Crippen LogP contribution in [0.2, 0.25) is 0 Å². The molecule has 4 heteroatoms. The Morgan fingerprint density at radius 1 is 1.30 bits per heavy atom. The Morgan fingerprint density at radius 3 is 2.75 bits per heavy atom. The summed E-state index contributed by atoms with van der Waals surface area (Å²) in [4.78, 5) is 4.51. The molecule has 1 N–H and O–H groups in total. The Morgan fingerprint density at radius 2 is 2.05 bits per heavy atom. The fourth-order valence-corrected chi connectivity index (χ4v) is 2.45. The molecule has 1 unspecified atom stereocenters. The lowest BCUT2D eigenvalue weighted by Crippen LogP contribution is -2.02. The summed E-state index contributed by atoms with van der Waals surface area (Å²) in [6, 6.07) is 10.2. The Hall–Kier alpha value is -1.84. The van der Waals surface area contributed by atoms with Crippen LogP contribution in [0.15, 0.2) is 34.9 Å². The van der Waals surface area contributed by atoms with Gasteiger partial charge in [0.15, 0.2) is 5.82 Å². The van der Waals surface area contributed by atoms with Gasteiger partial charge in [-0.1, -0.05) is 37.2 Å². The van der Waals surface area contributed by atoms with Gasteiger partial charge in [-0.3, -0.25) is 0 Å². The molecule has 1 aliphatic carbocycles. The highest BCUT2D eigenvalue weighted by Crippen LogP contribution is 2.57. The van der Waals surface area contributed by atoms with Crippen LogP contribution >= 0.6 is 0 Å². The summed E-state index contributed by atoms with van der Waals surface area (Å²) in [5.74, 6) is 2.14. The van der Waals surface area contributed by atoms with Crippen molar-refractivity contribution in [3.8, 4) is 0 Å². The lowest BCUT2D eigenvalue weighted by Gasteiger charge is -2.03. The zero-order valence-corrected chi connectivity index (χ0v) is 12.1. The van der Waals surface area contributed by atoms with Gasteiger partial charge in [0.05, 0.1) is 0 Å². The van der Waals surface area contributed by atoms with E-state index >= 15 is 0 Å². The molecule has 2 aromatic rings. The second-order valence-electron chi connectivity index (χ2n) is 6.19. The number of rotatable bonds is 6. The van der Waals surface area contributed by atoms with E-state index in [1.807, 2.05) is 18.2 Å². The summed E-state index contributed by atoms with van der Waals surface area (Å²) in [5, 5.41) is 7.48. The minimum atomic E-state index is 0.357. The molecule has 0 radical (unpaired) electrons. The average Bonchev–Trinajstić information content (AvgIpc) is 2.88. The Bertz CT molecular complexity index is 562. The van der Waals surface area contributed by atoms with Gasteiger partial charge < -0.3 is 9.84 Å². The van der Waals surface area contributed by atoms with Gasteiger partial charge in [0.25, 0.3) is 0 Å². The Labute approximate surface area is 119 Å². The van der Waals surface area contributed by atoms with Crippen LogP contribution in [0, 0.1) is 5.41 Å². The van der Waals surface area contributed by atoms with Crippen LogP contribution in [0.4, 0.5) is 5.69 Å². The molecule has 1 aromatic heterocycles. The number of aryl methyl sites for hydroxylation is 1. The maximum Gasteiger partial charge on any atom is 0.226 e. The van der Waals surface area contributed by atoms with E-state index in [1.54, 1.807) is 0 Å². The molecule has 20 heavy (non-hydrogen) atoms. The third kappa shape index (κ3) is 3.00. The van der Waals surface area contributed by atoms with Crippen molar-refractivity contribution in [2.75, 3.05) is 11.9 Å². The fraction of sp³-hybridized carbons (Fsp3) is 0.500. The smallest absolute Gasteiger partial charge is 0.226 e. The molecule has 0 bridgehead atoms. The molecule has 1 fully saturated rings. The number of aromatic nitrogens is 2. The summed E-state index contributed by atoms with van der Waals surface area (Å²) >= 11 is 0. The van der Waals surface area contributed by atoms with Crippen molar-refractivity contribution in [3.63, 3.8) is 0 Å². The summed E-state index contributed by atoms with van der Waals surface area (Å²) in [7, 11) is 0. The Kier molecular flexibility index (Phi) is 3.47. The largest absolute Gasteiger partial charge is 0.385 e. The van der Waals surface area contributed by atoms with Gasteiger partial charge in [0.2, 0.25) is 5.89 Å². The van der Waals surface area contributed by atoms with Crippen molar-refractivity contribution in [2.24, 2.45) is 5.41 Å². The lowest BCUT2D eigenvalue weighted by atomic mass is 10.1. The maximum absolute atomic E-state index is 5.32. The predicted octanol–water partition coefficient (Wildman–Crippen LogP) is 3.63. The number of hydrogen-bond acceptors (Lipinski definition) is 4. The summed E-state index contributed by atoms with van der Waals surface area (Å²) in [6.07, 6.45) is 2.99. The molecule has 106 valence electrons. The minimum absolute atomic E-state index is 0.357. The number of para-hydroxylation sites is 1. The van der Waals surface area contributed by atoms with Crippen molar-refractivity contribution in [1.82, 2.24) is 10.1 Å². The van der Waals surface area contributed by atoms with Crippen LogP contribution in [0.25, 0.3) is 0 Å². The summed E-state index contributed by atoms with van der Waals surface area (Å²) in [6.45, 7) is 5.41. The van der Waals surface area contributed by atoms with Crippen LogP contribution in [-0.4, -0.2) is 16.7 Å². The van der Waals surface area contributed by atoms with E-state index in [0.29, 0.717) is 11.3 Å². The number of hydrogen-bond donors (Lipinski definition) is 1. The highest BCUT2D eigenvalue weighted by molar-refractivity contribution is 5.42. The topological polar surface area (TPSA) is 51.0 Å². The first-order valence-corrected chi connectivity index (χ1v) is 7.26. The summed E-state index contributed by atoms with van der Waals surface area (Å²) < 4.78 is 5.32. The van der Waals surface area contributed by atoms with Gasteiger partial charge in [0.1, 0.15) is 0 Å². The van der Waals surface area contributed by atoms with Gasteiger partial charge in [0, 0.05) is 24.6 Å². The molecule has 1 aromatic carbocycles. The van der Waals surface area contributed by atoms with Crippen LogP contribution in [0.1, 0.15) is 44.3 Å². The third-order valence-corrected chi connectivity index (χ3v) is 3.98. The van der Waals surface area contributed by atoms with E-state index in [1.165, 1.54) is 6.42 Å². The second kappa shape index (κ2) is 5.27. The van der Waals surface area contributed by atoms with E-state index in [0.717, 1.165) is 36.8 Å². The van der Waals surface area contributed by atoms with E-state index in [2.05, 4.69) is 41.4 Å². The van der Waals surface area contributed by atoms with Crippen LogP contribution < -0.4 is 5.32 Å². The molecule has 1 saturated carbocycles.